The number of carbonyl (C=O) groups is 1. The Kier molecular flexibility index (Phi) is 3.70. The van der Waals surface area contributed by atoms with Gasteiger partial charge in [0, 0.05) is 37.6 Å². The molecule has 2 aromatic heterocycles. The minimum absolute atomic E-state index is 0.179. The number of imidazole rings is 1. The summed E-state index contributed by atoms with van der Waals surface area (Å²) in [6, 6.07) is 5.78. The molecular formula is C17H16FN5O. The fourth-order valence-corrected chi connectivity index (χ4v) is 3.14. The Hall–Kier alpha value is -2.80. The fourth-order valence-electron chi connectivity index (χ4n) is 3.14. The molecule has 1 amide bonds. The van der Waals surface area contributed by atoms with Crippen molar-refractivity contribution in [1.82, 2.24) is 24.6 Å². The highest BCUT2D eigenvalue weighted by Gasteiger charge is 2.33. The topological polar surface area (TPSA) is 62.5 Å². The SMILES string of the molecule is O=C1NCCN(Cc2cnc3cnccn23)C1c1ccccc1F. The molecule has 1 saturated heterocycles. The van der Waals surface area contributed by atoms with Gasteiger partial charge < -0.3 is 5.32 Å². The standard InChI is InChI=1S/C17H16FN5O/c18-14-4-2-1-3-13(14)16-17(24)20-6-7-22(16)11-12-9-21-15-10-19-5-8-23(12)15/h1-5,8-10,16H,6-7,11H2,(H,20,24). The van der Waals surface area contributed by atoms with E-state index in [1.807, 2.05) is 15.5 Å². The molecule has 1 fully saturated rings. The molecule has 0 radical (unpaired) electrons. The number of aromatic nitrogens is 3. The average Bonchev–Trinajstić information content (AvgIpc) is 3.00. The summed E-state index contributed by atoms with van der Waals surface area (Å²) >= 11 is 0. The summed E-state index contributed by atoms with van der Waals surface area (Å²) in [5.41, 5.74) is 2.07. The minimum atomic E-state index is -0.646. The van der Waals surface area contributed by atoms with Gasteiger partial charge >= 0.3 is 0 Å². The van der Waals surface area contributed by atoms with Crippen molar-refractivity contribution >= 4 is 11.6 Å². The zero-order valence-corrected chi connectivity index (χ0v) is 12.9. The maximum absolute atomic E-state index is 14.2. The number of hydrogen-bond acceptors (Lipinski definition) is 4. The number of hydrogen-bond donors (Lipinski definition) is 1. The van der Waals surface area contributed by atoms with Crippen molar-refractivity contribution in [2.24, 2.45) is 0 Å². The summed E-state index contributed by atoms with van der Waals surface area (Å²) in [7, 11) is 0. The highest BCUT2D eigenvalue weighted by atomic mass is 19.1. The zero-order chi connectivity index (χ0) is 16.5. The maximum atomic E-state index is 14.2. The first kappa shape index (κ1) is 14.8. The highest BCUT2D eigenvalue weighted by Crippen LogP contribution is 2.27. The third-order valence-electron chi connectivity index (χ3n) is 4.27. The number of piperazine rings is 1. The summed E-state index contributed by atoms with van der Waals surface area (Å²) in [6.07, 6.45) is 6.97. The predicted octanol–water partition coefficient (Wildman–Crippen LogP) is 1.54. The van der Waals surface area contributed by atoms with Crippen LogP contribution >= 0.6 is 0 Å². The number of halogens is 1. The van der Waals surface area contributed by atoms with Crippen molar-refractivity contribution in [2.45, 2.75) is 12.6 Å². The van der Waals surface area contributed by atoms with Crippen molar-refractivity contribution < 1.29 is 9.18 Å². The molecular weight excluding hydrogens is 309 g/mol. The van der Waals surface area contributed by atoms with Gasteiger partial charge in [0.1, 0.15) is 11.9 Å². The van der Waals surface area contributed by atoms with E-state index in [1.54, 1.807) is 36.8 Å². The Labute approximate surface area is 138 Å². The Morgan fingerprint density at radius 1 is 1.29 bits per heavy atom. The Morgan fingerprint density at radius 3 is 3.04 bits per heavy atom. The minimum Gasteiger partial charge on any atom is -0.353 e. The lowest BCUT2D eigenvalue weighted by Crippen LogP contribution is -2.49. The molecule has 24 heavy (non-hydrogen) atoms. The predicted molar refractivity (Wildman–Crippen MR) is 85.5 cm³/mol. The van der Waals surface area contributed by atoms with E-state index >= 15 is 0 Å². The molecule has 122 valence electrons. The van der Waals surface area contributed by atoms with E-state index in [9.17, 15) is 9.18 Å². The molecule has 1 aliphatic rings. The third kappa shape index (κ3) is 2.52. The molecule has 6 nitrogen and oxygen atoms in total. The number of rotatable bonds is 3. The molecule has 1 aromatic carbocycles. The van der Waals surface area contributed by atoms with Crippen LogP contribution in [0.2, 0.25) is 0 Å². The summed E-state index contributed by atoms with van der Waals surface area (Å²) in [5.74, 6) is -0.547. The maximum Gasteiger partial charge on any atom is 0.242 e. The first-order valence-corrected chi connectivity index (χ1v) is 7.76. The zero-order valence-electron chi connectivity index (χ0n) is 12.9. The van der Waals surface area contributed by atoms with E-state index in [-0.39, 0.29) is 11.7 Å². The molecule has 7 heteroatoms. The van der Waals surface area contributed by atoms with E-state index in [1.165, 1.54) is 6.07 Å². The summed E-state index contributed by atoms with van der Waals surface area (Å²) < 4.78 is 16.1. The molecule has 1 N–H and O–H groups in total. The lowest BCUT2D eigenvalue weighted by molar-refractivity contribution is -0.129. The van der Waals surface area contributed by atoms with Gasteiger partial charge in [-0.25, -0.2) is 9.37 Å². The lowest BCUT2D eigenvalue weighted by atomic mass is 10.0. The van der Waals surface area contributed by atoms with Crippen LogP contribution in [-0.2, 0) is 11.3 Å². The van der Waals surface area contributed by atoms with Crippen LogP contribution in [0.25, 0.3) is 5.65 Å². The average molecular weight is 325 g/mol. The fraction of sp³-hybridized carbons (Fsp3) is 0.235. The van der Waals surface area contributed by atoms with Gasteiger partial charge in [0.25, 0.3) is 0 Å². The van der Waals surface area contributed by atoms with Crippen molar-refractivity contribution in [3.63, 3.8) is 0 Å². The first-order valence-electron chi connectivity index (χ1n) is 7.76. The summed E-state index contributed by atoms with van der Waals surface area (Å²) in [5, 5.41) is 2.82. The Balaban J connectivity index is 1.69. The van der Waals surface area contributed by atoms with Crippen LogP contribution in [0.3, 0.4) is 0 Å². The number of fused-ring (bicyclic) bond motifs is 1. The second-order valence-electron chi connectivity index (χ2n) is 5.74. The third-order valence-corrected chi connectivity index (χ3v) is 4.27. The molecule has 1 unspecified atom stereocenters. The van der Waals surface area contributed by atoms with E-state index in [0.29, 0.717) is 25.2 Å². The Morgan fingerprint density at radius 2 is 2.17 bits per heavy atom. The molecule has 1 aliphatic heterocycles. The van der Waals surface area contributed by atoms with Gasteiger partial charge in [-0.2, -0.15) is 0 Å². The van der Waals surface area contributed by atoms with E-state index < -0.39 is 6.04 Å². The normalized spacial score (nSPS) is 18.7. The van der Waals surface area contributed by atoms with Crippen LogP contribution in [-0.4, -0.2) is 38.3 Å². The van der Waals surface area contributed by atoms with E-state index in [4.69, 9.17) is 0 Å². The molecule has 3 heterocycles. The largest absolute Gasteiger partial charge is 0.353 e. The number of carbonyl (C=O) groups excluding carboxylic acids is 1. The quantitative estimate of drug-likeness (QED) is 0.793. The molecule has 0 bridgehead atoms. The van der Waals surface area contributed by atoms with Crippen LogP contribution in [0.5, 0.6) is 0 Å². The van der Waals surface area contributed by atoms with E-state index in [0.717, 1.165) is 11.3 Å². The van der Waals surface area contributed by atoms with Crippen molar-refractivity contribution in [3.05, 3.63) is 66.1 Å². The van der Waals surface area contributed by atoms with Gasteiger partial charge in [0.15, 0.2) is 5.65 Å². The van der Waals surface area contributed by atoms with Gasteiger partial charge in [0.2, 0.25) is 5.91 Å². The van der Waals surface area contributed by atoms with Crippen LogP contribution < -0.4 is 5.32 Å². The number of benzene rings is 1. The van der Waals surface area contributed by atoms with Crippen LogP contribution in [0, 0.1) is 5.82 Å². The summed E-state index contributed by atoms with van der Waals surface area (Å²) in [4.78, 5) is 22.7. The molecule has 0 aliphatic carbocycles. The Bertz CT molecular complexity index is 893. The highest BCUT2D eigenvalue weighted by molar-refractivity contribution is 5.84. The van der Waals surface area contributed by atoms with E-state index in [2.05, 4.69) is 15.3 Å². The van der Waals surface area contributed by atoms with Crippen molar-refractivity contribution in [3.8, 4) is 0 Å². The van der Waals surface area contributed by atoms with Gasteiger partial charge in [-0.3, -0.25) is 19.1 Å². The number of nitrogens with one attached hydrogen (secondary N) is 1. The van der Waals surface area contributed by atoms with Gasteiger partial charge in [-0.1, -0.05) is 18.2 Å². The summed E-state index contributed by atoms with van der Waals surface area (Å²) in [6.45, 7) is 1.68. The monoisotopic (exact) mass is 325 g/mol. The molecule has 0 spiro atoms. The van der Waals surface area contributed by atoms with Crippen LogP contribution in [0.4, 0.5) is 4.39 Å². The second kappa shape index (κ2) is 6.01. The van der Waals surface area contributed by atoms with Crippen molar-refractivity contribution in [1.29, 1.82) is 0 Å². The molecule has 0 saturated carbocycles. The van der Waals surface area contributed by atoms with Crippen molar-refractivity contribution in [2.75, 3.05) is 13.1 Å². The lowest BCUT2D eigenvalue weighted by Gasteiger charge is -2.35. The smallest absolute Gasteiger partial charge is 0.242 e. The van der Waals surface area contributed by atoms with Crippen LogP contribution in [0.15, 0.2) is 49.1 Å². The number of nitrogens with zero attached hydrogens (tertiary/aromatic N) is 4. The van der Waals surface area contributed by atoms with Gasteiger partial charge in [-0.15, -0.1) is 0 Å². The van der Waals surface area contributed by atoms with Gasteiger partial charge in [-0.05, 0) is 6.07 Å². The molecule has 3 aromatic rings. The molecule has 4 rings (SSSR count). The first-order chi connectivity index (χ1) is 11.7. The van der Waals surface area contributed by atoms with Gasteiger partial charge in [0.05, 0.1) is 18.1 Å². The second-order valence-corrected chi connectivity index (χ2v) is 5.74. The number of amides is 1. The molecule has 1 atom stereocenters. The van der Waals surface area contributed by atoms with Crippen LogP contribution in [0.1, 0.15) is 17.3 Å².